The summed E-state index contributed by atoms with van der Waals surface area (Å²) in [6, 6.07) is 0. The summed E-state index contributed by atoms with van der Waals surface area (Å²) >= 11 is 0. The van der Waals surface area contributed by atoms with Crippen LogP contribution in [0.25, 0.3) is 0 Å². The maximum atomic E-state index is 11.5. The summed E-state index contributed by atoms with van der Waals surface area (Å²) in [7, 11) is 0. The predicted molar refractivity (Wildman–Crippen MR) is 57.0 cm³/mol. The van der Waals surface area contributed by atoms with Gasteiger partial charge in [-0.15, -0.1) is 0 Å². The molecule has 0 aromatic rings. The second-order valence-electron chi connectivity index (χ2n) is 4.03. The molecule has 0 radical (unpaired) electrons. The zero-order chi connectivity index (χ0) is 11.2. The zero-order valence-corrected chi connectivity index (χ0v) is 9.59. The van der Waals surface area contributed by atoms with Crippen molar-refractivity contribution in [2.45, 2.75) is 45.8 Å². The summed E-state index contributed by atoms with van der Waals surface area (Å²) in [4.78, 5) is 11.5. The first kappa shape index (κ1) is 13.4. The molecule has 1 amide bonds. The average molecular weight is 202 g/mol. The highest BCUT2D eigenvalue weighted by Crippen LogP contribution is 2.07. The molecule has 0 saturated carbocycles. The van der Waals surface area contributed by atoms with Gasteiger partial charge >= 0.3 is 0 Å². The van der Waals surface area contributed by atoms with E-state index in [0.717, 1.165) is 6.42 Å². The molecule has 0 aromatic carbocycles. The Labute approximate surface area is 86.2 Å². The Morgan fingerprint density at radius 1 is 1.57 bits per heavy atom. The van der Waals surface area contributed by atoms with Crippen molar-refractivity contribution >= 4 is 5.91 Å². The molecular weight excluding hydrogens is 180 g/mol. The van der Waals surface area contributed by atoms with Gasteiger partial charge in [0.25, 0.3) is 0 Å². The highest BCUT2D eigenvalue weighted by atomic mass is 16.5. The van der Waals surface area contributed by atoms with E-state index < -0.39 is 6.10 Å². The normalized spacial score (nSPS) is 13.8. The minimum absolute atomic E-state index is 0.0784. The zero-order valence-electron chi connectivity index (χ0n) is 9.59. The SMILES string of the molecule is CCC(C)(C)NC(=O)C(C)OCCN. The van der Waals surface area contributed by atoms with Crippen LogP contribution in [0.2, 0.25) is 0 Å². The lowest BCUT2D eigenvalue weighted by Gasteiger charge is -2.26. The number of nitrogens with one attached hydrogen (secondary N) is 1. The van der Waals surface area contributed by atoms with E-state index in [1.807, 2.05) is 20.8 Å². The highest BCUT2D eigenvalue weighted by Gasteiger charge is 2.21. The Morgan fingerprint density at radius 2 is 2.14 bits per heavy atom. The average Bonchev–Trinajstić information content (AvgIpc) is 2.13. The number of amides is 1. The van der Waals surface area contributed by atoms with Crippen LogP contribution in [0.15, 0.2) is 0 Å². The fourth-order valence-electron chi connectivity index (χ4n) is 0.844. The molecular formula is C10H22N2O2. The quantitative estimate of drug-likeness (QED) is 0.665. The van der Waals surface area contributed by atoms with Gasteiger partial charge in [-0.1, -0.05) is 6.92 Å². The molecule has 0 aliphatic rings. The van der Waals surface area contributed by atoms with Gasteiger partial charge in [-0.3, -0.25) is 4.79 Å². The predicted octanol–water partition coefficient (Wildman–Crippen LogP) is 0.655. The van der Waals surface area contributed by atoms with Crippen LogP contribution >= 0.6 is 0 Å². The maximum absolute atomic E-state index is 11.5. The summed E-state index contributed by atoms with van der Waals surface area (Å²) in [5.74, 6) is -0.0784. The van der Waals surface area contributed by atoms with Crippen molar-refractivity contribution in [1.29, 1.82) is 0 Å². The van der Waals surface area contributed by atoms with E-state index in [9.17, 15) is 4.79 Å². The molecule has 1 unspecified atom stereocenters. The minimum Gasteiger partial charge on any atom is -0.367 e. The van der Waals surface area contributed by atoms with Crippen LogP contribution in [0.4, 0.5) is 0 Å². The van der Waals surface area contributed by atoms with E-state index in [4.69, 9.17) is 10.5 Å². The first-order chi connectivity index (χ1) is 6.43. The number of carbonyl (C=O) groups excluding carboxylic acids is 1. The second-order valence-corrected chi connectivity index (χ2v) is 4.03. The van der Waals surface area contributed by atoms with Gasteiger partial charge in [0, 0.05) is 12.1 Å². The Kier molecular flexibility index (Phi) is 5.72. The van der Waals surface area contributed by atoms with E-state index in [0.29, 0.717) is 13.2 Å². The molecule has 4 heteroatoms. The van der Waals surface area contributed by atoms with Gasteiger partial charge in [-0.25, -0.2) is 0 Å². The van der Waals surface area contributed by atoms with Crippen molar-refractivity contribution in [1.82, 2.24) is 5.32 Å². The van der Waals surface area contributed by atoms with Crippen LogP contribution in [0.1, 0.15) is 34.1 Å². The third kappa shape index (κ3) is 5.19. The number of hydrogen-bond donors (Lipinski definition) is 2. The van der Waals surface area contributed by atoms with Gasteiger partial charge in [0.15, 0.2) is 0 Å². The second kappa shape index (κ2) is 5.98. The van der Waals surface area contributed by atoms with Crippen LogP contribution in [-0.4, -0.2) is 30.7 Å². The van der Waals surface area contributed by atoms with Crippen LogP contribution < -0.4 is 11.1 Å². The highest BCUT2D eigenvalue weighted by molar-refractivity contribution is 5.81. The van der Waals surface area contributed by atoms with Crippen molar-refractivity contribution in [3.8, 4) is 0 Å². The fourth-order valence-corrected chi connectivity index (χ4v) is 0.844. The third-order valence-electron chi connectivity index (χ3n) is 2.20. The molecule has 0 aliphatic carbocycles. The molecule has 0 bridgehead atoms. The van der Waals surface area contributed by atoms with E-state index in [2.05, 4.69) is 5.32 Å². The van der Waals surface area contributed by atoms with Crippen LogP contribution in [0.5, 0.6) is 0 Å². The monoisotopic (exact) mass is 202 g/mol. The van der Waals surface area contributed by atoms with Gasteiger partial charge in [0.2, 0.25) is 5.91 Å². The summed E-state index contributed by atoms with van der Waals surface area (Å²) in [5.41, 5.74) is 5.10. The topological polar surface area (TPSA) is 64.3 Å². The van der Waals surface area contributed by atoms with Gasteiger partial charge in [0.05, 0.1) is 6.61 Å². The molecule has 1 atom stereocenters. The summed E-state index contributed by atoms with van der Waals surface area (Å²) < 4.78 is 5.21. The molecule has 0 heterocycles. The molecule has 3 N–H and O–H groups in total. The largest absolute Gasteiger partial charge is 0.367 e. The van der Waals surface area contributed by atoms with Gasteiger partial charge < -0.3 is 15.8 Å². The van der Waals surface area contributed by atoms with Crippen LogP contribution in [0, 0.1) is 0 Å². The Balaban J connectivity index is 3.95. The number of nitrogens with two attached hydrogens (primary N) is 1. The smallest absolute Gasteiger partial charge is 0.249 e. The molecule has 0 rings (SSSR count). The molecule has 0 spiro atoms. The van der Waals surface area contributed by atoms with Crippen molar-refractivity contribution in [2.75, 3.05) is 13.2 Å². The number of carbonyl (C=O) groups is 1. The van der Waals surface area contributed by atoms with E-state index in [1.54, 1.807) is 6.92 Å². The third-order valence-corrected chi connectivity index (χ3v) is 2.20. The lowest BCUT2D eigenvalue weighted by atomic mass is 10.0. The van der Waals surface area contributed by atoms with Crippen molar-refractivity contribution in [3.05, 3.63) is 0 Å². The number of rotatable bonds is 6. The van der Waals surface area contributed by atoms with E-state index in [1.165, 1.54) is 0 Å². The Hall–Kier alpha value is -0.610. The molecule has 84 valence electrons. The summed E-state index contributed by atoms with van der Waals surface area (Å²) in [5, 5.41) is 2.91. The van der Waals surface area contributed by atoms with E-state index >= 15 is 0 Å². The fraction of sp³-hybridized carbons (Fsp3) is 0.900. The van der Waals surface area contributed by atoms with Crippen LogP contribution in [-0.2, 0) is 9.53 Å². The number of ether oxygens (including phenoxy) is 1. The van der Waals surface area contributed by atoms with Crippen molar-refractivity contribution in [3.63, 3.8) is 0 Å². The first-order valence-corrected chi connectivity index (χ1v) is 5.06. The van der Waals surface area contributed by atoms with Gasteiger partial charge in [0.1, 0.15) is 6.10 Å². The Bertz CT molecular complexity index is 181. The molecule has 0 aromatic heterocycles. The summed E-state index contributed by atoms with van der Waals surface area (Å²) in [6.07, 6.45) is 0.465. The maximum Gasteiger partial charge on any atom is 0.249 e. The number of hydrogen-bond acceptors (Lipinski definition) is 3. The molecule has 14 heavy (non-hydrogen) atoms. The Morgan fingerprint density at radius 3 is 2.57 bits per heavy atom. The van der Waals surface area contributed by atoms with Gasteiger partial charge in [-0.05, 0) is 27.2 Å². The summed E-state index contributed by atoms with van der Waals surface area (Å²) in [6.45, 7) is 8.60. The van der Waals surface area contributed by atoms with Crippen LogP contribution in [0.3, 0.4) is 0 Å². The molecule has 0 saturated heterocycles. The van der Waals surface area contributed by atoms with Gasteiger partial charge in [-0.2, -0.15) is 0 Å². The molecule has 0 fully saturated rings. The van der Waals surface area contributed by atoms with Crippen molar-refractivity contribution < 1.29 is 9.53 Å². The van der Waals surface area contributed by atoms with Crippen molar-refractivity contribution in [2.24, 2.45) is 5.73 Å². The minimum atomic E-state index is -0.427. The first-order valence-electron chi connectivity index (χ1n) is 5.06. The standard InChI is InChI=1S/C10H22N2O2/c1-5-10(3,4)12-9(13)8(2)14-7-6-11/h8H,5-7,11H2,1-4H3,(H,12,13). The molecule has 4 nitrogen and oxygen atoms in total. The molecule has 0 aliphatic heterocycles. The van der Waals surface area contributed by atoms with E-state index in [-0.39, 0.29) is 11.4 Å². The lowest BCUT2D eigenvalue weighted by molar-refractivity contribution is -0.133. The lowest BCUT2D eigenvalue weighted by Crippen LogP contribution is -2.47.